The number of amides is 1. The van der Waals surface area contributed by atoms with Crippen LogP contribution < -0.4 is 9.64 Å². The summed E-state index contributed by atoms with van der Waals surface area (Å²) in [7, 11) is 1.47. The molecule has 0 saturated carbocycles. The standard InChI is InChI=1S/C23H18ClNO4S/c1-13-5-8-15(9-6-13)25-20(18-4-3-11-30-18)19(22(27)23(25)28)21(26)14-7-10-16(24)17(12-14)29-2/h3-12,20,26H,1-2H3/b21-19-. The summed E-state index contributed by atoms with van der Waals surface area (Å²) in [6.45, 7) is 1.95. The predicted octanol–water partition coefficient (Wildman–Crippen LogP) is 5.34. The van der Waals surface area contributed by atoms with Gasteiger partial charge in [-0.2, -0.15) is 0 Å². The molecule has 152 valence electrons. The van der Waals surface area contributed by atoms with Crippen LogP contribution in [0.2, 0.25) is 5.02 Å². The Bertz CT molecular complexity index is 1150. The van der Waals surface area contributed by atoms with Crippen molar-refractivity contribution in [2.75, 3.05) is 12.0 Å². The van der Waals surface area contributed by atoms with Crippen LogP contribution in [0.1, 0.15) is 22.0 Å². The molecule has 3 aromatic rings. The van der Waals surface area contributed by atoms with Gasteiger partial charge < -0.3 is 9.84 Å². The fourth-order valence-electron chi connectivity index (χ4n) is 3.48. The van der Waals surface area contributed by atoms with Crippen LogP contribution in [-0.2, 0) is 9.59 Å². The Morgan fingerprint density at radius 3 is 2.50 bits per heavy atom. The maximum Gasteiger partial charge on any atom is 0.300 e. The molecule has 0 spiro atoms. The number of halogens is 1. The quantitative estimate of drug-likeness (QED) is 0.338. The van der Waals surface area contributed by atoms with Crippen molar-refractivity contribution in [3.05, 3.63) is 86.6 Å². The van der Waals surface area contributed by atoms with E-state index in [0.717, 1.165) is 10.4 Å². The van der Waals surface area contributed by atoms with Gasteiger partial charge in [0.1, 0.15) is 17.6 Å². The van der Waals surface area contributed by atoms with Crippen LogP contribution in [0.3, 0.4) is 0 Å². The number of aliphatic hydroxyl groups is 1. The molecule has 7 heteroatoms. The maximum absolute atomic E-state index is 13.0. The first-order chi connectivity index (χ1) is 14.4. The van der Waals surface area contributed by atoms with Gasteiger partial charge in [-0.3, -0.25) is 14.5 Å². The molecule has 1 unspecified atom stereocenters. The maximum atomic E-state index is 13.0. The second kappa shape index (κ2) is 7.97. The van der Waals surface area contributed by atoms with E-state index in [4.69, 9.17) is 16.3 Å². The summed E-state index contributed by atoms with van der Waals surface area (Å²) in [6.07, 6.45) is 0. The van der Waals surface area contributed by atoms with Crippen molar-refractivity contribution in [2.45, 2.75) is 13.0 Å². The van der Waals surface area contributed by atoms with E-state index in [-0.39, 0.29) is 11.3 Å². The molecular weight excluding hydrogens is 422 g/mol. The topological polar surface area (TPSA) is 66.8 Å². The van der Waals surface area contributed by atoms with Gasteiger partial charge in [-0.1, -0.05) is 35.4 Å². The fourth-order valence-corrected chi connectivity index (χ4v) is 4.50. The minimum atomic E-state index is -0.736. The molecule has 2 aromatic carbocycles. The highest BCUT2D eigenvalue weighted by atomic mass is 35.5. The number of thiophene rings is 1. The number of aliphatic hydroxyl groups excluding tert-OH is 1. The molecule has 1 aromatic heterocycles. The van der Waals surface area contributed by atoms with Crippen molar-refractivity contribution >= 4 is 46.1 Å². The first-order valence-corrected chi connectivity index (χ1v) is 10.4. The molecule has 1 amide bonds. The Labute approximate surface area is 182 Å². The number of aryl methyl sites for hydroxylation is 1. The number of benzene rings is 2. The SMILES string of the molecule is COc1cc(/C(O)=C2/C(=O)C(=O)N(c3ccc(C)cc3)C2c2cccs2)ccc1Cl. The number of nitrogens with zero attached hydrogens (tertiary/aromatic N) is 1. The van der Waals surface area contributed by atoms with Crippen molar-refractivity contribution in [2.24, 2.45) is 0 Å². The Balaban J connectivity index is 1.91. The third kappa shape index (κ3) is 3.38. The number of ketones is 1. The second-order valence-corrected chi connectivity index (χ2v) is 8.26. The van der Waals surface area contributed by atoms with Gasteiger partial charge in [-0.25, -0.2) is 0 Å². The molecule has 5 nitrogen and oxygen atoms in total. The van der Waals surface area contributed by atoms with Crippen molar-refractivity contribution in [1.82, 2.24) is 0 Å². The average Bonchev–Trinajstić information content (AvgIpc) is 3.36. The summed E-state index contributed by atoms with van der Waals surface area (Å²) in [5.74, 6) is -1.32. The average molecular weight is 440 g/mol. The third-order valence-corrected chi connectivity index (χ3v) is 6.23. The smallest absolute Gasteiger partial charge is 0.300 e. The number of hydrogen-bond acceptors (Lipinski definition) is 5. The second-order valence-electron chi connectivity index (χ2n) is 6.87. The zero-order chi connectivity index (χ0) is 21.4. The fraction of sp³-hybridized carbons (Fsp3) is 0.130. The first kappa shape index (κ1) is 20.2. The molecule has 1 fully saturated rings. The summed E-state index contributed by atoms with van der Waals surface area (Å²) in [5, 5.41) is 13.3. The minimum absolute atomic E-state index is 0.0346. The van der Waals surface area contributed by atoms with Crippen LogP contribution >= 0.6 is 22.9 Å². The van der Waals surface area contributed by atoms with Crippen molar-refractivity contribution in [1.29, 1.82) is 0 Å². The van der Waals surface area contributed by atoms with E-state index in [1.54, 1.807) is 30.3 Å². The number of rotatable bonds is 4. The first-order valence-electron chi connectivity index (χ1n) is 9.17. The molecule has 4 rings (SSSR count). The van der Waals surface area contributed by atoms with E-state index in [0.29, 0.717) is 22.0 Å². The van der Waals surface area contributed by atoms with Crippen molar-refractivity contribution in [3.63, 3.8) is 0 Å². The highest BCUT2D eigenvalue weighted by Crippen LogP contribution is 2.44. The molecule has 1 atom stereocenters. The van der Waals surface area contributed by atoms with E-state index in [1.165, 1.54) is 23.3 Å². The summed E-state index contributed by atoms with van der Waals surface area (Å²) in [6, 6.07) is 15.0. The Kier molecular flexibility index (Phi) is 5.37. The lowest BCUT2D eigenvalue weighted by Crippen LogP contribution is -2.29. The molecule has 2 heterocycles. The lowest BCUT2D eigenvalue weighted by atomic mass is 9.99. The molecule has 0 radical (unpaired) electrons. The van der Waals surface area contributed by atoms with E-state index >= 15 is 0 Å². The van der Waals surface area contributed by atoms with Gasteiger partial charge in [0, 0.05) is 16.1 Å². The number of Topliss-reactive ketones (excluding diaryl/α,β-unsaturated/α-hetero) is 1. The lowest BCUT2D eigenvalue weighted by molar-refractivity contribution is -0.132. The van der Waals surface area contributed by atoms with Crippen LogP contribution in [0.4, 0.5) is 5.69 Å². The van der Waals surface area contributed by atoms with Crippen molar-refractivity contribution in [3.8, 4) is 5.75 Å². The molecule has 30 heavy (non-hydrogen) atoms. The van der Waals surface area contributed by atoms with Gasteiger partial charge in [0.2, 0.25) is 0 Å². The zero-order valence-corrected chi connectivity index (χ0v) is 17.8. The molecule has 1 aliphatic heterocycles. The Hall–Kier alpha value is -3.09. The highest BCUT2D eigenvalue weighted by molar-refractivity contribution is 7.10. The number of carbonyl (C=O) groups is 2. The number of hydrogen-bond donors (Lipinski definition) is 1. The zero-order valence-electron chi connectivity index (χ0n) is 16.3. The van der Waals surface area contributed by atoms with Gasteiger partial charge in [0.15, 0.2) is 0 Å². The Morgan fingerprint density at radius 1 is 1.13 bits per heavy atom. The Morgan fingerprint density at radius 2 is 1.87 bits per heavy atom. The van der Waals surface area contributed by atoms with Crippen molar-refractivity contribution < 1.29 is 19.4 Å². The van der Waals surface area contributed by atoms with Crippen LogP contribution in [0, 0.1) is 6.92 Å². The van der Waals surface area contributed by atoms with Gasteiger partial charge in [0.05, 0.1) is 17.7 Å². The number of methoxy groups -OCH3 is 1. The number of anilines is 1. The van der Waals surface area contributed by atoms with E-state index in [2.05, 4.69) is 0 Å². The van der Waals surface area contributed by atoms with Crippen LogP contribution in [0.5, 0.6) is 5.75 Å². The van der Waals surface area contributed by atoms with E-state index < -0.39 is 17.7 Å². The molecule has 1 aliphatic rings. The van der Waals surface area contributed by atoms with Crippen LogP contribution in [0.25, 0.3) is 5.76 Å². The molecule has 1 N–H and O–H groups in total. The predicted molar refractivity (Wildman–Crippen MR) is 118 cm³/mol. The number of carbonyl (C=O) groups excluding carboxylic acids is 2. The minimum Gasteiger partial charge on any atom is -0.507 e. The van der Waals surface area contributed by atoms with Crippen LogP contribution in [0.15, 0.2) is 65.6 Å². The number of ether oxygens (including phenoxy) is 1. The van der Waals surface area contributed by atoms with Crippen LogP contribution in [-0.4, -0.2) is 23.9 Å². The summed E-state index contributed by atoms with van der Waals surface area (Å²) < 4.78 is 5.22. The van der Waals surface area contributed by atoms with E-state index in [1.807, 2.05) is 36.6 Å². The monoisotopic (exact) mass is 439 g/mol. The van der Waals surface area contributed by atoms with Gasteiger partial charge >= 0.3 is 0 Å². The summed E-state index contributed by atoms with van der Waals surface area (Å²) in [5.41, 5.74) is 2.01. The molecule has 0 aliphatic carbocycles. The summed E-state index contributed by atoms with van der Waals surface area (Å²) in [4.78, 5) is 28.3. The molecule has 0 bridgehead atoms. The lowest BCUT2D eigenvalue weighted by Gasteiger charge is -2.24. The van der Waals surface area contributed by atoms with E-state index in [9.17, 15) is 14.7 Å². The molecular formula is C23H18ClNO4S. The van der Waals surface area contributed by atoms with Gasteiger partial charge in [0.25, 0.3) is 11.7 Å². The highest BCUT2D eigenvalue weighted by Gasteiger charge is 2.47. The normalized spacial score (nSPS) is 18.1. The third-order valence-electron chi connectivity index (χ3n) is 4.99. The summed E-state index contributed by atoms with van der Waals surface area (Å²) >= 11 is 7.50. The molecule has 1 saturated heterocycles. The van der Waals surface area contributed by atoms with Gasteiger partial charge in [-0.05, 0) is 48.7 Å². The van der Waals surface area contributed by atoms with Gasteiger partial charge in [-0.15, -0.1) is 11.3 Å². The largest absolute Gasteiger partial charge is 0.507 e.